The minimum atomic E-state index is -0.125. The molecular weight excluding hydrogens is 168 g/mol. The quantitative estimate of drug-likeness (QED) is 0.663. The van der Waals surface area contributed by atoms with Gasteiger partial charge in [-0.15, -0.1) is 0 Å². The lowest BCUT2D eigenvalue weighted by molar-refractivity contribution is -0.102. The van der Waals surface area contributed by atoms with Crippen LogP contribution in [0, 0.1) is 0 Å². The Hall–Kier alpha value is -0.120. The van der Waals surface area contributed by atoms with Gasteiger partial charge >= 0.3 is 0 Å². The zero-order chi connectivity index (χ0) is 11.1. The first kappa shape index (κ1) is 15.4. The van der Waals surface area contributed by atoms with E-state index in [2.05, 4.69) is 41.5 Å². The molecule has 0 saturated carbocycles. The zero-order valence-electron chi connectivity index (χ0n) is 9.72. The molecule has 0 aliphatic carbocycles. The molecule has 0 aromatic heterocycles. The van der Waals surface area contributed by atoms with Crippen LogP contribution in [0.4, 0.5) is 0 Å². The van der Waals surface area contributed by atoms with E-state index in [1.807, 2.05) is 0 Å². The normalized spacial score (nSPS) is 12.0. The summed E-state index contributed by atoms with van der Waals surface area (Å²) in [6, 6.07) is 0. The van der Waals surface area contributed by atoms with Gasteiger partial charge in [0.2, 0.25) is 0 Å². The highest BCUT2D eigenvalue weighted by Gasteiger charge is 2.19. The molecule has 0 aliphatic heterocycles. The summed E-state index contributed by atoms with van der Waals surface area (Å²) in [4.78, 5) is 0. The van der Waals surface area contributed by atoms with Gasteiger partial charge in [-0.1, -0.05) is 0 Å². The van der Waals surface area contributed by atoms with E-state index in [1.54, 1.807) is 0 Å². The van der Waals surface area contributed by atoms with Gasteiger partial charge in [-0.05, 0) is 41.5 Å². The molecule has 0 aliphatic rings. The molecule has 0 atom stereocenters. The van der Waals surface area contributed by atoms with Gasteiger partial charge in [-0.3, -0.25) is 0 Å². The van der Waals surface area contributed by atoms with Crippen molar-refractivity contribution in [1.29, 1.82) is 0 Å². The van der Waals surface area contributed by atoms with Crippen molar-refractivity contribution in [2.24, 2.45) is 0 Å². The average molecular weight is 192 g/mol. The van der Waals surface area contributed by atoms with Crippen LogP contribution in [0.25, 0.3) is 0 Å². The number of hydrogen-bond acceptors (Lipinski definition) is 3. The summed E-state index contributed by atoms with van der Waals surface area (Å²) >= 11 is 0. The average Bonchev–Trinajstić information content (AvgIpc) is 1.80. The van der Waals surface area contributed by atoms with Gasteiger partial charge in [-0.2, -0.15) is 0 Å². The summed E-state index contributed by atoms with van der Waals surface area (Å²) in [5.41, 5.74) is -0.0312. The number of rotatable bonds is 1. The molecule has 0 rings (SSSR count). The van der Waals surface area contributed by atoms with Crippen LogP contribution >= 0.6 is 0 Å². The largest absolute Gasteiger partial charge is 0.394 e. The molecule has 3 nitrogen and oxygen atoms in total. The Morgan fingerprint density at radius 3 is 1.00 bits per heavy atom. The highest BCUT2D eigenvalue weighted by Crippen LogP contribution is 2.17. The summed E-state index contributed by atoms with van der Waals surface area (Å²) in [6.07, 6.45) is 0. The summed E-state index contributed by atoms with van der Waals surface area (Å²) in [7, 11) is 0. The number of hydrogen-bond donors (Lipinski definition) is 2. The van der Waals surface area contributed by atoms with Crippen molar-refractivity contribution in [2.75, 3.05) is 13.2 Å². The molecule has 0 fully saturated rings. The predicted octanol–water partition coefficient (Wildman–Crippen LogP) is 1.57. The first-order valence-corrected chi connectivity index (χ1v) is 4.54. The maximum absolute atomic E-state index is 7.62. The molecule has 0 amide bonds. The third-order valence-corrected chi connectivity index (χ3v) is 0.712. The van der Waals surface area contributed by atoms with Gasteiger partial charge in [-0.25, -0.2) is 0 Å². The molecular formula is C10H24O3. The SMILES string of the molecule is CC(C)(C)OC(C)(C)C.OCCO. The van der Waals surface area contributed by atoms with Gasteiger partial charge in [0.1, 0.15) is 0 Å². The Bertz CT molecular complexity index is 94.3. The van der Waals surface area contributed by atoms with Crippen molar-refractivity contribution >= 4 is 0 Å². The minimum Gasteiger partial charge on any atom is -0.394 e. The molecule has 0 aromatic carbocycles. The fourth-order valence-electron chi connectivity index (χ4n) is 0.919. The topological polar surface area (TPSA) is 49.7 Å². The molecule has 0 radical (unpaired) electrons. The van der Waals surface area contributed by atoms with Gasteiger partial charge in [0.15, 0.2) is 0 Å². The van der Waals surface area contributed by atoms with E-state index in [1.165, 1.54) is 0 Å². The summed E-state index contributed by atoms with van der Waals surface area (Å²) in [5.74, 6) is 0. The van der Waals surface area contributed by atoms with E-state index in [0.29, 0.717) is 0 Å². The monoisotopic (exact) mass is 192 g/mol. The molecule has 0 bridgehead atoms. The molecule has 2 N–H and O–H groups in total. The zero-order valence-corrected chi connectivity index (χ0v) is 9.72. The Kier molecular flexibility index (Phi) is 7.50. The van der Waals surface area contributed by atoms with Gasteiger partial charge in [0, 0.05) is 0 Å². The lowest BCUT2D eigenvalue weighted by atomic mass is 10.1. The van der Waals surface area contributed by atoms with Gasteiger partial charge in [0.25, 0.3) is 0 Å². The van der Waals surface area contributed by atoms with Crippen LogP contribution in [0.2, 0.25) is 0 Å². The fraction of sp³-hybridized carbons (Fsp3) is 1.00. The standard InChI is InChI=1S/C8H18O.C2H6O2/c1-7(2,3)9-8(4,5)6;3-1-2-4/h1-6H3;3-4H,1-2H2. The second-order valence-electron chi connectivity index (χ2n) is 4.77. The van der Waals surface area contributed by atoms with Crippen molar-refractivity contribution < 1.29 is 14.9 Å². The van der Waals surface area contributed by atoms with E-state index < -0.39 is 0 Å². The van der Waals surface area contributed by atoms with E-state index in [-0.39, 0.29) is 24.4 Å². The predicted molar refractivity (Wildman–Crippen MR) is 54.8 cm³/mol. The molecule has 13 heavy (non-hydrogen) atoms. The molecule has 3 heteroatoms. The van der Waals surface area contributed by atoms with Crippen LogP contribution in [0.3, 0.4) is 0 Å². The van der Waals surface area contributed by atoms with Crippen LogP contribution in [0.15, 0.2) is 0 Å². The Morgan fingerprint density at radius 2 is 1.00 bits per heavy atom. The van der Waals surface area contributed by atoms with Gasteiger partial charge < -0.3 is 14.9 Å². The van der Waals surface area contributed by atoms with Crippen molar-refractivity contribution in [3.63, 3.8) is 0 Å². The third-order valence-electron chi connectivity index (χ3n) is 0.712. The second kappa shape index (κ2) is 6.35. The van der Waals surface area contributed by atoms with Crippen LogP contribution < -0.4 is 0 Å². The molecule has 82 valence electrons. The number of aliphatic hydroxyl groups is 2. The van der Waals surface area contributed by atoms with Crippen molar-refractivity contribution in [2.45, 2.75) is 52.7 Å². The molecule has 0 unspecified atom stereocenters. The summed E-state index contributed by atoms with van der Waals surface area (Å²) in [6.45, 7) is 12.2. The first-order chi connectivity index (χ1) is 5.62. The van der Waals surface area contributed by atoms with Crippen LogP contribution in [0.1, 0.15) is 41.5 Å². The molecule has 0 aromatic rings. The van der Waals surface area contributed by atoms with Crippen LogP contribution in [-0.2, 0) is 4.74 Å². The van der Waals surface area contributed by atoms with Crippen molar-refractivity contribution in [3.8, 4) is 0 Å². The highest BCUT2D eigenvalue weighted by molar-refractivity contribution is 4.68. The van der Waals surface area contributed by atoms with E-state index in [9.17, 15) is 0 Å². The lowest BCUT2D eigenvalue weighted by Gasteiger charge is -2.30. The summed E-state index contributed by atoms with van der Waals surface area (Å²) < 4.78 is 5.62. The Balaban J connectivity index is 0. The molecule has 0 saturated heterocycles. The molecule has 0 heterocycles. The van der Waals surface area contributed by atoms with E-state index >= 15 is 0 Å². The van der Waals surface area contributed by atoms with Crippen LogP contribution in [-0.4, -0.2) is 34.6 Å². The Labute approximate surface area is 81.7 Å². The van der Waals surface area contributed by atoms with E-state index in [0.717, 1.165) is 0 Å². The lowest BCUT2D eigenvalue weighted by Crippen LogP contribution is -2.31. The number of ether oxygens (including phenoxy) is 1. The highest BCUT2D eigenvalue weighted by atomic mass is 16.5. The second-order valence-corrected chi connectivity index (χ2v) is 4.77. The van der Waals surface area contributed by atoms with Crippen LogP contribution in [0.5, 0.6) is 0 Å². The smallest absolute Gasteiger partial charge is 0.0662 e. The minimum absolute atomic E-state index is 0.0156. The third kappa shape index (κ3) is 24.5. The fourth-order valence-corrected chi connectivity index (χ4v) is 0.919. The van der Waals surface area contributed by atoms with Crippen molar-refractivity contribution in [3.05, 3.63) is 0 Å². The van der Waals surface area contributed by atoms with Crippen molar-refractivity contribution in [1.82, 2.24) is 0 Å². The maximum Gasteiger partial charge on any atom is 0.0662 e. The number of aliphatic hydroxyl groups excluding tert-OH is 2. The van der Waals surface area contributed by atoms with Gasteiger partial charge in [0.05, 0.1) is 24.4 Å². The summed E-state index contributed by atoms with van der Waals surface area (Å²) in [5, 5.41) is 15.2. The Morgan fingerprint density at radius 1 is 0.769 bits per heavy atom. The first-order valence-electron chi connectivity index (χ1n) is 4.54. The molecule has 0 spiro atoms. The van der Waals surface area contributed by atoms with E-state index in [4.69, 9.17) is 14.9 Å². The maximum atomic E-state index is 7.62.